The van der Waals surface area contributed by atoms with Crippen LogP contribution in [0, 0.1) is 11.6 Å². The van der Waals surface area contributed by atoms with Crippen molar-refractivity contribution in [2.75, 3.05) is 5.73 Å². The quantitative estimate of drug-likeness (QED) is 0.270. The fraction of sp³-hybridized carbons (Fsp3) is 0.0833. The molecule has 1 heterocycles. The number of nitrogens with zero attached hydrogens (tertiary/aromatic N) is 2. The zero-order valence-electron chi connectivity index (χ0n) is 18.2. The lowest BCUT2D eigenvalue weighted by atomic mass is 10.2. The molecule has 0 radical (unpaired) electrons. The van der Waals surface area contributed by atoms with Crippen molar-refractivity contribution < 1.29 is 44.6 Å². The van der Waals surface area contributed by atoms with Crippen molar-refractivity contribution in [1.29, 1.82) is 0 Å². The molecule has 0 aliphatic heterocycles. The molecule has 0 saturated heterocycles. The summed E-state index contributed by atoms with van der Waals surface area (Å²) in [4.78, 5) is 8.14. The highest BCUT2D eigenvalue weighted by atomic mass is 19.4. The highest BCUT2D eigenvalue weighted by molar-refractivity contribution is 5.65. The van der Waals surface area contributed by atoms with Crippen LogP contribution in [0.15, 0.2) is 66.7 Å². The zero-order chi connectivity index (χ0) is 27.0. The van der Waals surface area contributed by atoms with Crippen molar-refractivity contribution in [3.05, 3.63) is 89.5 Å². The fourth-order valence-corrected chi connectivity index (χ4v) is 3.09. The van der Waals surface area contributed by atoms with Crippen LogP contribution in [-0.2, 0) is 12.4 Å². The number of benzene rings is 3. The fourth-order valence-electron chi connectivity index (χ4n) is 3.09. The molecule has 4 aromatic rings. The van der Waals surface area contributed by atoms with E-state index in [1.165, 1.54) is 0 Å². The van der Waals surface area contributed by atoms with Crippen LogP contribution < -0.4 is 15.2 Å². The van der Waals surface area contributed by atoms with E-state index < -0.39 is 64.1 Å². The first-order chi connectivity index (χ1) is 17.3. The second-order valence-electron chi connectivity index (χ2n) is 7.42. The molecule has 192 valence electrons. The van der Waals surface area contributed by atoms with Gasteiger partial charge in [0.1, 0.15) is 23.1 Å². The number of nitrogens with two attached hydrogens (primary N) is 1. The van der Waals surface area contributed by atoms with Gasteiger partial charge >= 0.3 is 12.4 Å². The number of hydrogen-bond donors (Lipinski definition) is 1. The number of anilines is 1. The van der Waals surface area contributed by atoms with Crippen LogP contribution in [0.2, 0.25) is 0 Å². The second-order valence-corrected chi connectivity index (χ2v) is 7.42. The lowest BCUT2D eigenvalue weighted by Crippen LogP contribution is -2.09. The topological polar surface area (TPSA) is 70.3 Å². The number of rotatable bonds is 5. The minimum Gasteiger partial charge on any atom is -0.437 e. The SMILES string of the molecule is Nc1c(Oc2ccc(F)c(C(F)(F)F)c2)nc(-c2ccccc2)nc1Oc1ccc(F)c(C(F)(F)F)c1. The van der Waals surface area contributed by atoms with Gasteiger partial charge in [-0.1, -0.05) is 30.3 Å². The Morgan fingerprint density at radius 1 is 0.622 bits per heavy atom. The zero-order valence-corrected chi connectivity index (χ0v) is 18.2. The first-order valence-corrected chi connectivity index (χ1v) is 10.1. The summed E-state index contributed by atoms with van der Waals surface area (Å²) < 4.78 is 117. The molecule has 0 aliphatic rings. The molecule has 3 aromatic carbocycles. The van der Waals surface area contributed by atoms with Gasteiger partial charge in [-0.2, -0.15) is 36.3 Å². The lowest BCUT2D eigenvalue weighted by Gasteiger charge is -2.15. The summed E-state index contributed by atoms with van der Waals surface area (Å²) in [7, 11) is 0. The molecule has 0 amide bonds. The van der Waals surface area contributed by atoms with Crippen LogP contribution in [0.25, 0.3) is 11.4 Å². The van der Waals surface area contributed by atoms with Crippen LogP contribution in [0.5, 0.6) is 23.3 Å². The third kappa shape index (κ3) is 5.71. The van der Waals surface area contributed by atoms with Crippen molar-refractivity contribution >= 4 is 5.69 Å². The number of ether oxygens (including phenoxy) is 2. The van der Waals surface area contributed by atoms with Gasteiger partial charge < -0.3 is 15.2 Å². The van der Waals surface area contributed by atoms with E-state index in [9.17, 15) is 35.1 Å². The predicted molar refractivity (Wildman–Crippen MR) is 115 cm³/mol. The van der Waals surface area contributed by atoms with Crippen LogP contribution in [0.1, 0.15) is 11.1 Å². The number of aromatic nitrogens is 2. The number of nitrogen functional groups attached to an aromatic ring is 1. The predicted octanol–water partition coefficient (Wildman–Crippen LogP) is 7.63. The third-order valence-corrected chi connectivity index (χ3v) is 4.82. The van der Waals surface area contributed by atoms with E-state index >= 15 is 0 Å². The molecule has 13 heteroatoms. The van der Waals surface area contributed by atoms with Gasteiger partial charge in [-0.05, 0) is 36.4 Å². The molecule has 0 saturated carbocycles. The highest BCUT2D eigenvalue weighted by Crippen LogP contribution is 2.40. The monoisotopic (exact) mass is 527 g/mol. The summed E-state index contributed by atoms with van der Waals surface area (Å²) >= 11 is 0. The molecule has 2 N–H and O–H groups in total. The minimum absolute atomic E-state index is 0.115. The van der Waals surface area contributed by atoms with Crippen LogP contribution in [-0.4, -0.2) is 9.97 Å². The molecular weight excluding hydrogens is 514 g/mol. The Bertz CT molecular complexity index is 1350. The molecule has 0 bridgehead atoms. The van der Waals surface area contributed by atoms with E-state index in [1.54, 1.807) is 30.3 Å². The number of alkyl halides is 6. The van der Waals surface area contributed by atoms with E-state index in [0.717, 1.165) is 12.1 Å². The standard InChI is InChI=1S/C24H13F8N3O2/c25-17-8-6-13(10-15(17)23(27,28)29)36-21-19(33)22(35-20(34-21)12-4-2-1-3-5-12)37-14-7-9-18(26)16(11-14)24(30,31)32/h1-11H,33H2. The van der Waals surface area contributed by atoms with E-state index in [1.807, 2.05) is 0 Å². The normalized spacial score (nSPS) is 11.9. The molecule has 0 fully saturated rings. The van der Waals surface area contributed by atoms with E-state index in [-0.39, 0.29) is 5.82 Å². The third-order valence-electron chi connectivity index (χ3n) is 4.82. The van der Waals surface area contributed by atoms with Crippen LogP contribution in [0.4, 0.5) is 40.8 Å². The molecule has 0 aliphatic carbocycles. The number of halogens is 8. The van der Waals surface area contributed by atoms with E-state index in [2.05, 4.69) is 9.97 Å². The van der Waals surface area contributed by atoms with Gasteiger partial charge in [-0.25, -0.2) is 8.78 Å². The second kappa shape index (κ2) is 9.56. The molecule has 4 rings (SSSR count). The minimum atomic E-state index is -5.02. The maximum Gasteiger partial charge on any atom is 0.419 e. The van der Waals surface area contributed by atoms with Gasteiger partial charge in [-0.15, -0.1) is 0 Å². The van der Waals surface area contributed by atoms with Gasteiger partial charge in [0.2, 0.25) is 11.8 Å². The van der Waals surface area contributed by atoms with Gasteiger partial charge in [0.25, 0.3) is 0 Å². The van der Waals surface area contributed by atoms with Gasteiger partial charge in [-0.3, -0.25) is 0 Å². The Morgan fingerprint density at radius 3 is 1.46 bits per heavy atom. The van der Waals surface area contributed by atoms with Crippen LogP contribution in [0.3, 0.4) is 0 Å². The Kier molecular flexibility index (Phi) is 6.63. The van der Waals surface area contributed by atoms with Crippen molar-refractivity contribution in [1.82, 2.24) is 9.97 Å². The van der Waals surface area contributed by atoms with Gasteiger partial charge in [0, 0.05) is 5.56 Å². The highest BCUT2D eigenvalue weighted by Gasteiger charge is 2.35. The molecule has 5 nitrogen and oxygen atoms in total. The Balaban J connectivity index is 1.80. The molecule has 1 aromatic heterocycles. The number of hydrogen-bond acceptors (Lipinski definition) is 5. The van der Waals surface area contributed by atoms with Gasteiger partial charge in [0.05, 0.1) is 11.1 Å². The van der Waals surface area contributed by atoms with Gasteiger partial charge in [0.15, 0.2) is 11.5 Å². The largest absolute Gasteiger partial charge is 0.437 e. The smallest absolute Gasteiger partial charge is 0.419 e. The molecular formula is C24H13F8N3O2. The van der Waals surface area contributed by atoms with Crippen molar-refractivity contribution in [3.63, 3.8) is 0 Å². The van der Waals surface area contributed by atoms with Crippen molar-refractivity contribution in [2.24, 2.45) is 0 Å². The van der Waals surface area contributed by atoms with E-state index in [4.69, 9.17) is 15.2 Å². The first kappa shape index (κ1) is 25.7. The summed E-state index contributed by atoms with van der Waals surface area (Å²) in [6, 6.07) is 11.6. The summed E-state index contributed by atoms with van der Waals surface area (Å²) in [6.45, 7) is 0. The average molecular weight is 527 g/mol. The molecule has 0 spiro atoms. The maximum atomic E-state index is 13.7. The summed E-state index contributed by atoms with van der Waals surface area (Å²) in [5.74, 6) is -5.24. The molecule has 37 heavy (non-hydrogen) atoms. The summed E-state index contributed by atoms with van der Waals surface area (Å²) in [5.41, 5.74) is 2.61. The summed E-state index contributed by atoms with van der Waals surface area (Å²) in [5, 5.41) is 0. The Hall–Kier alpha value is -4.42. The van der Waals surface area contributed by atoms with Crippen LogP contribution >= 0.6 is 0 Å². The summed E-state index contributed by atoms with van der Waals surface area (Å²) in [6.07, 6.45) is -10.0. The molecule has 0 atom stereocenters. The van der Waals surface area contributed by atoms with E-state index in [0.29, 0.717) is 29.8 Å². The Labute approximate surface area is 203 Å². The maximum absolute atomic E-state index is 13.7. The van der Waals surface area contributed by atoms with Crippen molar-refractivity contribution in [3.8, 4) is 34.6 Å². The van der Waals surface area contributed by atoms with Crippen molar-refractivity contribution in [2.45, 2.75) is 12.4 Å². The molecule has 0 unspecified atom stereocenters. The lowest BCUT2D eigenvalue weighted by molar-refractivity contribution is -0.140. The Morgan fingerprint density at radius 2 is 1.05 bits per heavy atom. The first-order valence-electron chi connectivity index (χ1n) is 10.1. The average Bonchev–Trinajstić information content (AvgIpc) is 2.83.